The molecule has 0 amide bonds. The summed E-state index contributed by atoms with van der Waals surface area (Å²) >= 11 is 0. The van der Waals surface area contributed by atoms with Crippen LogP contribution in [0.5, 0.6) is 0 Å². The summed E-state index contributed by atoms with van der Waals surface area (Å²) in [4.78, 5) is 29.1. The molecule has 42 heavy (non-hydrogen) atoms. The Bertz CT molecular complexity index is 1770. The molecule has 6 rings (SSSR count). The van der Waals surface area contributed by atoms with Gasteiger partial charge in [0.1, 0.15) is 0 Å². The third-order valence-electron chi connectivity index (χ3n) is 7.67. The minimum Gasteiger partial charge on any atom is -0.350 e. The lowest BCUT2D eigenvalue weighted by Crippen LogP contribution is -2.44. The Morgan fingerprint density at radius 2 is 1.93 bits per heavy atom. The molecule has 214 valence electrons. The second-order valence-corrected chi connectivity index (χ2v) is 10.9. The van der Waals surface area contributed by atoms with Gasteiger partial charge in [-0.15, -0.1) is 0 Å². The molecule has 1 fully saturated rings. The summed E-state index contributed by atoms with van der Waals surface area (Å²) in [6.07, 6.45) is 7.52. The van der Waals surface area contributed by atoms with Gasteiger partial charge in [0.15, 0.2) is 11.4 Å². The fourth-order valence-corrected chi connectivity index (χ4v) is 5.49. The van der Waals surface area contributed by atoms with Crippen molar-refractivity contribution >= 4 is 34.1 Å². The van der Waals surface area contributed by atoms with Gasteiger partial charge in [0.05, 0.1) is 11.9 Å². The molecule has 1 aliphatic rings. The summed E-state index contributed by atoms with van der Waals surface area (Å²) in [7, 11) is 0. The molecule has 9 nitrogen and oxygen atoms in total. The summed E-state index contributed by atoms with van der Waals surface area (Å²) < 4.78 is 1.82. The van der Waals surface area contributed by atoms with Crippen LogP contribution in [-0.2, 0) is 17.8 Å². The van der Waals surface area contributed by atoms with E-state index in [1.165, 1.54) is 0 Å². The second-order valence-electron chi connectivity index (χ2n) is 10.9. The summed E-state index contributed by atoms with van der Waals surface area (Å²) in [5.74, 6) is 1.78. The number of piperazine rings is 1. The molecule has 1 saturated heterocycles. The molecule has 3 aromatic heterocycles. The van der Waals surface area contributed by atoms with Crippen molar-refractivity contribution in [2.75, 3.05) is 36.4 Å². The van der Waals surface area contributed by atoms with Gasteiger partial charge >= 0.3 is 0 Å². The lowest BCUT2D eigenvalue weighted by atomic mass is 9.97. The SMILES string of the molecule is C/C=C/C(=O)Cc1ccc2c(-c3ccccc3CNc3nc(N4CCNCC4)nc4c(C(C)C)cnn34)nccc2c1. The van der Waals surface area contributed by atoms with Crippen molar-refractivity contribution in [1.82, 2.24) is 29.9 Å². The van der Waals surface area contributed by atoms with Crippen molar-refractivity contribution in [2.45, 2.75) is 39.7 Å². The van der Waals surface area contributed by atoms with E-state index in [0.717, 1.165) is 76.5 Å². The molecule has 5 aromatic rings. The maximum absolute atomic E-state index is 12.2. The van der Waals surface area contributed by atoms with Crippen molar-refractivity contribution < 1.29 is 4.79 Å². The Hall–Kier alpha value is -4.63. The summed E-state index contributed by atoms with van der Waals surface area (Å²) in [5.41, 5.74) is 5.98. The standard InChI is InChI=1S/C33H36N8O/c1-4-7-26(42)19-23-10-11-28-24(18-23)12-13-35-30(28)27-9-6-5-8-25(27)20-36-32-39-33(40-16-14-34-15-17-40)38-31-29(22(2)3)21-37-41(31)32/h4-13,18,21-22,34H,14-17,19-20H2,1-3H3,(H,36,38,39)/b7-4+. The van der Waals surface area contributed by atoms with Gasteiger partial charge in [-0.3, -0.25) is 9.78 Å². The third kappa shape index (κ3) is 5.60. The first-order chi connectivity index (χ1) is 20.5. The van der Waals surface area contributed by atoms with Gasteiger partial charge in [0.2, 0.25) is 11.9 Å². The predicted octanol–water partition coefficient (Wildman–Crippen LogP) is 5.17. The highest BCUT2D eigenvalue weighted by Gasteiger charge is 2.20. The molecule has 2 N–H and O–H groups in total. The van der Waals surface area contributed by atoms with E-state index in [4.69, 9.17) is 15.0 Å². The van der Waals surface area contributed by atoms with E-state index < -0.39 is 0 Å². The number of anilines is 2. The molecule has 0 aliphatic carbocycles. The van der Waals surface area contributed by atoms with Gasteiger partial charge in [-0.1, -0.05) is 62.4 Å². The van der Waals surface area contributed by atoms with Crippen LogP contribution >= 0.6 is 0 Å². The molecule has 9 heteroatoms. The molecule has 4 heterocycles. The topological polar surface area (TPSA) is 100 Å². The van der Waals surface area contributed by atoms with Crippen LogP contribution in [0.25, 0.3) is 27.7 Å². The zero-order chi connectivity index (χ0) is 29.1. The van der Waals surface area contributed by atoms with Gasteiger partial charge in [-0.05, 0) is 41.5 Å². The van der Waals surface area contributed by atoms with Crippen LogP contribution in [0.3, 0.4) is 0 Å². The Morgan fingerprint density at radius 1 is 1.10 bits per heavy atom. The maximum Gasteiger partial charge on any atom is 0.230 e. The number of allylic oxidation sites excluding steroid dienone is 2. The number of ketones is 1. The van der Waals surface area contributed by atoms with E-state index >= 15 is 0 Å². The molecule has 0 spiro atoms. The van der Waals surface area contributed by atoms with E-state index in [1.54, 1.807) is 12.2 Å². The highest BCUT2D eigenvalue weighted by atomic mass is 16.1. The monoisotopic (exact) mass is 560 g/mol. The number of benzene rings is 2. The van der Waals surface area contributed by atoms with Crippen LogP contribution in [0.1, 0.15) is 43.4 Å². The minimum atomic E-state index is 0.0965. The summed E-state index contributed by atoms with van der Waals surface area (Å²) in [6, 6.07) is 16.5. The molecular formula is C33H36N8O. The highest BCUT2D eigenvalue weighted by molar-refractivity contribution is 5.97. The molecule has 0 saturated carbocycles. The zero-order valence-corrected chi connectivity index (χ0v) is 24.3. The van der Waals surface area contributed by atoms with E-state index in [9.17, 15) is 4.79 Å². The van der Waals surface area contributed by atoms with Crippen molar-refractivity contribution in [3.8, 4) is 11.3 Å². The Morgan fingerprint density at radius 3 is 2.74 bits per heavy atom. The van der Waals surface area contributed by atoms with Crippen LogP contribution in [0.15, 0.2) is 73.1 Å². The average molecular weight is 561 g/mol. The molecule has 0 bridgehead atoms. The number of carbonyl (C=O) groups is 1. The Kier molecular flexibility index (Phi) is 7.92. The number of fused-ring (bicyclic) bond motifs is 2. The fraction of sp³-hybridized carbons (Fsp3) is 0.303. The van der Waals surface area contributed by atoms with Crippen LogP contribution < -0.4 is 15.5 Å². The number of hydrogen-bond acceptors (Lipinski definition) is 8. The largest absolute Gasteiger partial charge is 0.350 e. The fourth-order valence-electron chi connectivity index (χ4n) is 5.49. The van der Waals surface area contributed by atoms with Gasteiger partial charge in [0, 0.05) is 61.9 Å². The van der Waals surface area contributed by atoms with E-state index in [2.05, 4.69) is 58.7 Å². The predicted molar refractivity (Wildman–Crippen MR) is 168 cm³/mol. The first-order valence-electron chi connectivity index (χ1n) is 14.6. The van der Waals surface area contributed by atoms with Crippen molar-refractivity contribution in [3.63, 3.8) is 0 Å². The van der Waals surface area contributed by atoms with Crippen LogP contribution in [-0.4, -0.2) is 56.5 Å². The first kappa shape index (κ1) is 27.5. The number of pyridine rings is 1. The quantitative estimate of drug-likeness (QED) is 0.238. The number of nitrogens with zero attached hydrogens (tertiary/aromatic N) is 6. The van der Waals surface area contributed by atoms with Gasteiger partial charge in [0.25, 0.3) is 0 Å². The normalized spacial score (nSPS) is 14.0. The van der Waals surface area contributed by atoms with E-state index in [1.807, 2.05) is 48.1 Å². The number of carbonyl (C=O) groups excluding carboxylic acids is 1. The molecule has 1 aliphatic heterocycles. The number of nitrogens with one attached hydrogen (secondary N) is 2. The first-order valence-corrected chi connectivity index (χ1v) is 14.6. The van der Waals surface area contributed by atoms with Crippen molar-refractivity contribution in [2.24, 2.45) is 0 Å². The smallest absolute Gasteiger partial charge is 0.230 e. The van der Waals surface area contributed by atoms with Crippen molar-refractivity contribution in [3.05, 3.63) is 89.8 Å². The van der Waals surface area contributed by atoms with Gasteiger partial charge in [-0.25, -0.2) is 0 Å². The van der Waals surface area contributed by atoms with Crippen LogP contribution in [0, 0.1) is 0 Å². The Labute approximate surface area is 245 Å². The lowest BCUT2D eigenvalue weighted by molar-refractivity contribution is -0.114. The summed E-state index contributed by atoms with van der Waals surface area (Å²) in [6.45, 7) is 10.3. The van der Waals surface area contributed by atoms with Crippen LogP contribution in [0.4, 0.5) is 11.9 Å². The van der Waals surface area contributed by atoms with Crippen molar-refractivity contribution in [1.29, 1.82) is 0 Å². The zero-order valence-electron chi connectivity index (χ0n) is 24.3. The highest BCUT2D eigenvalue weighted by Crippen LogP contribution is 2.31. The molecule has 0 unspecified atom stereocenters. The van der Waals surface area contributed by atoms with E-state index in [-0.39, 0.29) is 5.78 Å². The lowest BCUT2D eigenvalue weighted by Gasteiger charge is -2.27. The Balaban J connectivity index is 1.34. The second kappa shape index (κ2) is 12.1. The molecular weight excluding hydrogens is 524 g/mol. The molecule has 0 radical (unpaired) electrons. The summed E-state index contributed by atoms with van der Waals surface area (Å²) in [5, 5.41) is 13.7. The van der Waals surface area contributed by atoms with Gasteiger partial charge < -0.3 is 15.5 Å². The number of aromatic nitrogens is 5. The maximum atomic E-state index is 12.2. The van der Waals surface area contributed by atoms with E-state index in [0.29, 0.717) is 24.8 Å². The number of rotatable bonds is 9. The number of hydrogen-bond donors (Lipinski definition) is 2. The molecule has 2 aromatic carbocycles. The average Bonchev–Trinajstić information content (AvgIpc) is 3.45. The third-order valence-corrected chi connectivity index (χ3v) is 7.67. The van der Waals surface area contributed by atoms with Gasteiger partial charge in [-0.2, -0.15) is 19.6 Å². The molecule has 0 atom stereocenters. The minimum absolute atomic E-state index is 0.0965. The van der Waals surface area contributed by atoms with Crippen LogP contribution in [0.2, 0.25) is 0 Å².